The van der Waals surface area contributed by atoms with E-state index in [1.54, 1.807) is 0 Å². The van der Waals surface area contributed by atoms with Crippen molar-refractivity contribution in [3.05, 3.63) is 11.6 Å². The molecule has 8 atom stereocenters. The molecular weight excluding hydrogens is 432 g/mol. The summed E-state index contributed by atoms with van der Waals surface area (Å²) in [4.78, 5) is 36.4. The predicted octanol–water partition coefficient (Wildman–Crippen LogP) is 1.69. The molecule has 9 heteroatoms. The number of aliphatic hydroxyl groups excluding tert-OH is 1. The smallest absolute Gasteiger partial charge is 0.306 e. The first-order valence-corrected chi connectivity index (χ1v) is 11.5. The lowest BCUT2D eigenvalue weighted by molar-refractivity contribution is -0.241. The van der Waals surface area contributed by atoms with Crippen LogP contribution in [0.4, 0.5) is 0 Å². The van der Waals surface area contributed by atoms with Crippen LogP contribution < -0.4 is 0 Å². The standard InChI is InChI=1S/C24H34O9/c1-12(2)7-18(27)32-16-9-23(10-29-14(4)25)17(8-13(16)3)33-21-19(28)20(31-15(5)26)22(23,6)24(21)11-30-24/h8,12,16-17,19-21,28H,7,9-11H2,1-6H3/t16-,17-,19+,20+,21-,22+,23+,24-/m0/s1. The third kappa shape index (κ3) is 3.51. The van der Waals surface area contributed by atoms with Crippen LogP contribution in [0.1, 0.15) is 54.4 Å². The van der Waals surface area contributed by atoms with E-state index < -0.39 is 58.9 Å². The van der Waals surface area contributed by atoms with Crippen molar-refractivity contribution in [2.24, 2.45) is 16.7 Å². The molecular formula is C24H34O9. The Balaban J connectivity index is 1.79. The Kier molecular flexibility index (Phi) is 5.90. The molecule has 1 saturated carbocycles. The van der Waals surface area contributed by atoms with Crippen LogP contribution in [0.25, 0.3) is 0 Å². The van der Waals surface area contributed by atoms with Crippen molar-refractivity contribution in [1.29, 1.82) is 0 Å². The van der Waals surface area contributed by atoms with E-state index in [4.69, 9.17) is 23.7 Å². The van der Waals surface area contributed by atoms with Crippen LogP contribution in [-0.2, 0) is 38.1 Å². The first kappa shape index (κ1) is 24.2. The average Bonchev–Trinajstić information content (AvgIpc) is 3.48. The maximum atomic E-state index is 12.5. The number of hydrogen-bond donors (Lipinski definition) is 1. The predicted molar refractivity (Wildman–Crippen MR) is 114 cm³/mol. The molecule has 9 nitrogen and oxygen atoms in total. The van der Waals surface area contributed by atoms with E-state index in [0.717, 1.165) is 5.57 Å². The second-order valence-corrected chi connectivity index (χ2v) is 10.5. The van der Waals surface area contributed by atoms with Crippen LogP contribution in [0.2, 0.25) is 0 Å². The molecule has 2 heterocycles. The van der Waals surface area contributed by atoms with E-state index in [1.165, 1.54) is 13.8 Å². The van der Waals surface area contributed by atoms with Crippen molar-refractivity contribution in [3.63, 3.8) is 0 Å². The fourth-order valence-electron chi connectivity index (χ4n) is 6.26. The molecule has 0 radical (unpaired) electrons. The quantitative estimate of drug-likeness (QED) is 0.270. The molecule has 2 saturated heterocycles. The van der Waals surface area contributed by atoms with Gasteiger partial charge in [-0.1, -0.05) is 26.8 Å². The maximum Gasteiger partial charge on any atom is 0.306 e. The summed E-state index contributed by atoms with van der Waals surface area (Å²) < 4.78 is 29.4. The number of esters is 3. The molecule has 0 aromatic carbocycles. The molecule has 0 aromatic rings. The van der Waals surface area contributed by atoms with Crippen molar-refractivity contribution in [2.45, 2.75) is 90.5 Å². The molecule has 2 aliphatic carbocycles. The van der Waals surface area contributed by atoms with Gasteiger partial charge >= 0.3 is 17.9 Å². The lowest BCUT2D eigenvalue weighted by Crippen LogP contribution is -2.68. The summed E-state index contributed by atoms with van der Waals surface area (Å²) in [6.45, 7) is 10.5. The lowest BCUT2D eigenvalue weighted by atomic mass is 9.51. The molecule has 3 fully saturated rings. The summed E-state index contributed by atoms with van der Waals surface area (Å²) >= 11 is 0. The summed E-state index contributed by atoms with van der Waals surface area (Å²) in [6, 6.07) is 0. The van der Waals surface area contributed by atoms with Crippen LogP contribution in [0.15, 0.2) is 11.6 Å². The van der Waals surface area contributed by atoms with Crippen molar-refractivity contribution in [3.8, 4) is 0 Å². The number of epoxide rings is 1. The fraction of sp³-hybridized carbons (Fsp3) is 0.792. The average molecular weight is 467 g/mol. The third-order valence-corrected chi connectivity index (χ3v) is 8.00. The van der Waals surface area contributed by atoms with Crippen LogP contribution in [-0.4, -0.2) is 72.3 Å². The summed E-state index contributed by atoms with van der Waals surface area (Å²) in [7, 11) is 0. The van der Waals surface area contributed by atoms with Crippen LogP contribution in [0.5, 0.6) is 0 Å². The van der Waals surface area contributed by atoms with Crippen LogP contribution in [0, 0.1) is 16.7 Å². The Morgan fingerprint density at radius 3 is 2.42 bits per heavy atom. The van der Waals surface area contributed by atoms with Gasteiger partial charge in [0, 0.05) is 26.7 Å². The van der Waals surface area contributed by atoms with Gasteiger partial charge in [0.2, 0.25) is 0 Å². The zero-order chi connectivity index (χ0) is 24.3. The fourth-order valence-corrected chi connectivity index (χ4v) is 6.26. The zero-order valence-corrected chi connectivity index (χ0v) is 20.1. The normalized spacial score (nSPS) is 43.0. The van der Waals surface area contributed by atoms with Gasteiger partial charge in [0.15, 0.2) is 0 Å². The summed E-state index contributed by atoms with van der Waals surface area (Å²) in [5, 5.41) is 11.2. The highest BCUT2D eigenvalue weighted by Crippen LogP contribution is 2.72. The van der Waals surface area contributed by atoms with E-state index >= 15 is 0 Å². The summed E-state index contributed by atoms with van der Waals surface area (Å²) in [5.41, 5.74) is -2.00. The Morgan fingerprint density at radius 2 is 1.88 bits per heavy atom. The minimum Gasteiger partial charge on any atom is -0.465 e. The van der Waals surface area contributed by atoms with Crippen LogP contribution in [0.3, 0.4) is 0 Å². The third-order valence-electron chi connectivity index (χ3n) is 8.00. The van der Waals surface area contributed by atoms with Gasteiger partial charge < -0.3 is 28.8 Å². The highest BCUT2D eigenvalue weighted by Gasteiger charge is 2.86. The van der Waals surface area contributed by atoms with E-state index in [-0.39, 0.29) is 31.3 Å². The molecule has 1 spiro atoms. The molecule has 0 aromatic heterocycles. The van der Waals surface area contributed by atoms with Gasteiger partial charge in [-0.15, -0.1) is 0 Å². The molecule has 4 aliphatic rings. The number of rotatable bonds is 6. The molecule has 0 unspecified atom stereocenters. The molecule has 2 aliphatic heterocycles. The number of aliphatic hydroxyl groups is 1. The minimum absolute atomic E-state index is 0.0617. The molecule has 4 rings (SSSR count). The van der Waals surface area contributed by atoms with E-state index in [0.29, 0.717) is 6.61 Å². The van der Waals surface area contributed by atoms with Gasteiger partial charge in [0.25, 0.3) is 0 Å². The SMILES string of the molecule is CC(=O)OC[C@]12C[C@H](OC(=O)CC(C)C)C(C)=C[C@@H]1O[C@H]1[C@H](O)[C@@H](OC(C)=O)[C@@]2(C)[C@]12CO2. The highest BCUT2D eigenvalue weighted by atomic mass is 16.7. The van der Waals surface area contributed by atoms with Gasteiger partial charge in [-0.3, -0.25) is 14.4 Å². The van der Waals surface area contributed by atoms with E-state index in [2.05, 4.69) is 0 Å². The second kappa shape index (κ2) is 8.06. The molecule has 2 bridgehead atoms. The Bertz CT molecular complexity index is 875. The second-order valence-electron chi connectivity index (χ2n) is 10.5. The molecule has 184 valence electrons. The van der Waals surface area contributed by atoms with Crippen molar-refractivity contribution in [2.75, 3.05) is 13.2 Å². The van der Waals surface area contributed by atoms with Crippen molar-refractivity contribution >= 4 is 17.9 Å². The van der Waals surface area contributed by atoms with E-state index in [1.807, 2.05) is 33.8 Å². The summed E-state index contributed by atoms with van der Waals surface area (Å²) in [6.07, 6.45) is -1.46. The van der Waals surface area contributed by atoms with Gasteiger partial charge in [-0.2, -0.15) is 0 Å². The number of carbonyl (C=O) groups excluding carboxylic acids is 3. The van der Waals surface area contributed by atoms with Crippen LogP contribution >= 0.6 is 0 Å². The number of carbonyl (C=O) groups is 3. The molecule has 0 amide bonds. The van der Waals surface area contributed by atoms with Gasteiger partial charge in [-0.05, 0) is 18.4 Å². The Hall–Kier alpha value is -1.97. The largest absolute Gasteiger partial charge is 0.465 e. The first-order valence-electron chi connectivity index (χ1n) is 11.5. The van der Waals surface area contributed by atoms with Gasteiger partial charge in [0.05, 0.1) is 23.5 Å². The first-order chi connectivity index (χ1) is 15.4. The van der Waals surface area contributed by atoms with E-state index in [9.17, 15) is 19.5 Å². The lowest BCUT2D eigenvalue weighted by Gasteiger charge is -2.58. The van der Waals surface area contributed by atoms with Crippen molar-refractivity contribution in [1.82, 2.24) is 0 Å². The van der Waals surface area contributed by atoms with Crippen molar-refractivity contribution < 1.29 is 43.2 Å². The Morgan fingerprint density at radius 1 is 1.21 bits per heavy atom. The molecule has 33 heavy (non-hydrogen) atoms. The number of ether oxygens (including phenoxy) is 5. The Labute approximate surface area is 193 Å². The van der Waals surface area contributed by atoms with Gasteiger partial charge in [-0.25, -0.2) is 0 Å². The number of hydrogen-bond acceptors (Lipinski definition) is 9. The summed E-state index contributed by atoms with van der Waals surface area (Å²) in [5.74, 6) is -1.18. The zero-order valence-electron chi connectivity index (χ0n) is 20.1. The highest BCUT2D eigenvalue weighted by molar-refractivity contribution is 5.70. The maximum absolute atomic E-state index is 12.5. The molecule has 1 N–H and O–H groups in total. The van der Waals surface area contributed by atoms with Gasteiger partial charge in [0.1, 0.15) is 36.6 Å². The monoisotopic (exact) mass is 466 g/mol. The minimum atomic E-state index is -1.11. The number of fused-ring (bicyclic) bond motifs is 2. The topological polar surface area (TPSA) is 121 Å².